The zero-order valence-corrected chi connectivity index (χ0v) is 21.4. The Balaban J connectivity index is 1.20. The first-order valence-electron chi connectivity index (χ1n) is 13.1. The number of rotatable bonds is 8. The number of hydrogen-bond donors (Lipinski definition) is 1. The van der Waals surface area contributed by atoms with Gasteiger partial charge in [0.15, 0.2) is 5.82 Å². The molecule has 1 aromatic heterocycles. The summed E-state index contributed by atoms with van der Waals surface area (Å²) in [5.41, 5.74) is 2.87. The third-order valence-corrected chi connectivity index (χ3v) is 7.12. The Morgan fingerprint density at radius 1 is 0.947 bits per heavy atom. The maximum atomic E-state index is 13.8. The molecule has 5 rings (SSSR count). The summed E-state index contributed by atoms with van der Waals surface area (Å²) < 4.78 is 27.6. The molecule has 198 valence electrons. The van der Waals surface area contributed by atoms with Gasteiger partial charge in [0.1, 0.15) is 5.69 Å². The van der Waals surface area contributed by atoms with E-state index in [1.807, 2.05) is 29.2 Å². The number of aromatic nitrogens is 2. The first kappa shape index (κ1) is 25.8. The van der Waals surface area contributed by atoms with Gasteiger partial charge in [-0.15, -0.1) is 0 Å². The van der Waals surface area contributed by atoms with Gasteiger partial charge in [0.25, 0.3) is 5.92 Å². The lowest BCUT2D eigenvalue weighted by Gasteiger charge is -2.36. The maximum Gasteiger partial charge on any atom is 0.273 e. The molecule has 1 saturated carbocycles. The summed E-state index contributed by atoms with van der Waals surface area (Å²) in [5.74, 6) is -1.82. The van der Waals surface area contributed by atoms with Crippen LogP contribution in [-0.2, 0) is 21.9 Å². The van der Waals surface area contributed by atoms with Crippen LogP contribution in [0.25, 0.3) is 11.3 Å². The zero-order valence-electron chi connectivity index (χ0n) is 21.4. The summed E-state index contributed by atoms with van der Waals surface area (Å²) in [7, 11) is 0. The molecule has 1 saturated heterocycles. The third kappa shape index (κ3) is 5.82. The van der Waals surface area contributed by atoms with E-state index in [0.29, 0.717) is 37.4 Å². The van der Waals surface area contributed by atoms with E-state index in [1.54, 1.807) is 24.5 Å². The van der Waals surface area contributed by atoms with Crippen LogP contribution in [0.3, 0.4) is 0 Å². The second-order valence-corrected chi connectivity index (χ2v) is 9.87. The van der Waals surface area contributed by atoms with E-state index in [0.717, 1.165) is 29.9 Å². The molecule has 2 heterocycles. The van der Waals surface area contributed by atoms with Gasteiger partial charge in [-0.1, -0.05) is 43.3 Å². The number of alkyl halides is 2. The van der Waals surface area contributed by atoms with Crippen molar-refractivity contribution >= 4 is 23.3 Å². The summed E-state index contributed by atoms with van der Waals surface area (Å²) in [6.45, 7) is 4.21. The normalized spacial score (nSPS) is 15.9. The van der Waals surface area contributed by atoms with E-state index in [4.69, 9.17) is 0 Å². The van der Waals surface area contributed by atoms with Crippen molar-refractivity contribution in [2.75, 3.05) is 36.4 Å². The van der Waals surface area contributed by atoms with E-state index in [1.165, 1.54) is 19.1 Å². The molecule has 1 aliphatic carbocycles. The lowest BCUT2D eigenvalue weighted by molar-refractivity contribution is -0.132. The molecule has 9 heteroatoms. The Morgan fingerprint density at radius 2 is 1.61 bits per heavy atom. The number of hydrogen-bond acceptors (Lipinski definition) is 5. The number of nitrogens with one attached hydrogen (secondary N) is 1. The summed E-state index contributed by atoms with van der Waals surface area (Å²) in [6.07, 6.45) is 5.17. The van der Waals surface area contributed by atoms with Crippen molar-refractivity contribution in [3.8, 4) is 11.3 Å². The summed E-state index contributed by atoms with van der Waals surface area (Å²) in [4.78, 5) is 38.2. The van der Waals surface area contributed by atoms with Crippen LogP contribution in [-0.4, -0.2) is 52.9 Å². The highest BCUT2D eigenvalue weighted by molar-refractivity contribution is 5.92. The lowest BCUT2D eigenvalue weighted by atomic mass is 10.0. The lowest BCUT2D eigenvalue weighted by Crippen LogP contribution is -2.49. The van der Waals surface area contributed by atoms with Gasteiger partial charge in [-0.3, -0.25) is 14.6 Å². The summed E-state index contributed by atoms with van der Waals surface area (Å²) >= 11 is 0. The number of nitrogens with zero attached hydrogens (tertiary/aromatic N) is 4. The highest BCUT2D eigenvalue weighted by Crippen LogP contribution is 2.33. The molecule has 0 spiro atoms. The Kier molecular flexibility index (Phi) is 7.35. The minimum Gasteiger partial charge on any atom is -0.351 e. The Hall–Kier alpha value is -3.88. The average molecular weight is 520 g/mol. The Bertz CT molecular complexity index is 1290. The fourth-order valence-corrected chi connectivity index (χ4v) is 4.67. The van der Waals surface area contributed by atoms with Crippen molar-refractivity contribution in [2.45, 2.75) is 38.5 Å². The minimum absolute atomic E-state index is 0.0447. The predicted octanol–water partition coefficient (Wildman–Crippen LogP) is 4.89. The number of benzene rings is 2. The summed E-state index contributed by atoms with van der Waals surface area (Å²) in [6, 6.07) is 13.3. The van der Waals surface area contributed by atoms with E-state index in [-0.39, 0.29) is 36.1 Å². The second-order valence-electron chi connectivity index (χ2n) is 9.87. The molecule has 1 N–H and O–H groups in total. The average Bonchev–Trinajstić information content (AvgIpc) is 3.79. The van der Waals surface area contributed by atoms with Gasteiger partial charge in [-0.2, -0.15) is 0 Å². The van der Waals surface area contributed by atoms with E-state index < -0.39 is 5.92 Å². The number of amides is 2. The highest BCUT2D eigenvalue weighted by Gasteiger charge is 2.35. The monoisotopic (exact) mass is 519 g/mol. The fourth-order valence-electron chi connectivity index (χ4n) is 4.67. The molecular weight excluding hydrogens is 488 g/mol. The van der Waals surface area contributed by atoms with Crippen LogP contribution in [0.15, 0.2) is 60.9 Å². The molecular formula is C29H31F2N5O2. The Morgan fingerprint density at radius 3 is 2.24 bits per heavy atom. The van der Waals surface area contributed by atoms with Crippen LogP contribution in [0.2, 0.25) is 0 Å². The van der Waals surface area contributed by atoms with E-state index in [2.05, 4.69) is 20.2 Å². The standard InChI is InChI=1S/C29H31F2N5O2/c1-2-29(30,31)23-9-3-20(4-10-23)19-25(37)34-24-11-7-21(8-12-24)26-27(33-14-13-32-26)35-15-17-36(18-16-35)28(38)22-5-6-22/h3-4,7-14,22H,2,5-6,15-19H2,1H3,(H,34,37). The smallest absolute Gasteiger partial charge is 0.273 e. The molecule has 2 aliphatic rings. The number of carbonyl (C=O) groups is 2. The summed E-state index contributed by atoms with van der Waals surface area (Å²) in [5, 5.41) is 2.86. The largest absolute Gasteiger partial charge is 0.351 e. The zero-order chi connectivity index (χ0) is 26.7. The van der Waals surface area contributed by atoms with Gasteiger partial charge in [-0.05, 0) is 30.5 Å². The third-order valence-electron chi connectivity index (χ3n) is 7.12. The van der Waals surface area contributed by atoms with Crippen molar-refractivity contribution in [1.29, 1.82) is 0 Å². The molecule has 0 atom stereocenters. The molecule has 2 aromatic carbocycles. The minimum atomic E-state index is -2.87. The number of anilines is 2. The molecule has 7 nitrogen and oxygen atoms in total. The van der Waals surface area contributed by atoms with Crippen LogP contribution >= 0.6 is 0 Å². The van der Waals surface area contributed by atoms with Gasteiger partial charge in [0, 0.05) is 67.7 Å². The van der Waals surface area contributed by atoms with Crippen molar-refractivity contribution < 1.29 is 18.4 Å². The van der Waals surface area contributed by atoms with E-state index in [9.17, 15) is 18.4 Å². The molecule has 0 bridgehead atoms. The predicted molar refractivity (Wildman–Crippen MR) is 142 cm³/mol. The number of carbonyl (C=O) groups excluding carboxylic acids is 2. The van der Waals surface area contributed by atoms with Crippen molar-refractivity contribution in [1.82, 2.24) is 14.9 Å². The van der Waals surface area contributed by atoms with Gasteiger partial charge >= 0.3 is 0 Å². The highest BCUT2D eigenvalue weighted by atomic mass is 19.3. The molecule has 1 aliphatic heterocycles. The SMILES string of the molecule is CCC(F)(F)c1ccc(CC(=O)Nc2ccc(-c3nccnc3N3CCN(C(=O)C4CC4)CC3)cc2)cc1. The fraction of sp³-hybridized carbons (Fsp3) is 0.379. The van der Waals surface area contributed by atoms with Crippen molar-refractivity contribution in [3.63, 3.8) is 0 Å². The molecule has 0 unspecified atom stereocenters. The first-order valence-corrected chi connectivity index (χ1v) is 13.1. The maximum absolute atomic E-state index is 13.8. The second kappa shape index (κ2) is 10.8. The Labute approximate surface area is 220 Å². The van der Waals surface area contributed by atoms with Gasteiger partial charge in [0.2, 0.25) is 11.8 Å². The number of piperazine rings is 1. The molecule has 2 amide bonds. The van der Waals surface area contributed by atoms with Crippen molar-refractivity contribution in [3.05, 3.63) is 72.1 Å². The van der Waals surface area contributed by atoms with Crippen molar-refractivity contribution in [2.24, 2.45) is 5.92 Å². The van der Waals surface area contributed by atoms with Crippen LogP contribution in [0.1, 0.15) is 37.3 Å². The van der Waals surface area contributed by atoms with Crippen LogP contribution in [0.5, 0.6) is 0 Å². The molecule has 2 fully saturated rings. The molecule has 38 heavy (non-hydrogen) atoms. The number of halogens is 2. The topological polar surface area (TPSA) is 78.4 Å². The van der Waals surface area contributed by atoms with Crippen LogP contribution < -0.4 is 10.2 Å². The molecule has 3 aromatic rings. The van der Waals surface area contributed by atoms with Gasteiger partial charge in [-0.25, -0.2) is 13.8 Å². The van der Waals surface area contributed by atoms with Gasteiger partial charge in [0.05, 0.1) is 6.42 Å². The first-order chi connectivity index (χ1) is 18.3. The van der Waals surface area contributed by atoms with E-state index >= 15 is 0 Å². The van der Waals surface area contributed by atoms with Crippen LogP contribution in [0.4, 0.5) is 20.3 Å². The van der Waals surface area contributed by atoms with Gasteiger partial charge < -0.3 is 15.1 Å². The molecule has 0 radical (unpaired) electrons. The quantitative estimate of drug-likeness (QED) is 0.459. The van der Waals surface area contributed by atoms with Crippen LogP contribution in [0, 0.1) is 5.92 Å².